The summed E-state index contributed by atoms with van der Waals surface area (Å²) < 4.78 is 48.8. The zero-order valence-electron chi connectivity index (χ0n) is 15.5. The van der Waals surface area contributed by atoms with Gasteiger partial charge in [-0.25, -0.2) is 0 Å². The number of amides is 2. The summed E-state index contributed by atoms with van der Waals surface area (Å²) in [7, 11) is 1.73. The van der Waals surface area contributed by atoms with E-state index in [-0.39, 0.29) is 27.8 Å². The van der Waals surface area contributed by atoms with Crippen LogP contribution in [0.2, 0.25) is 5.02 Å². The highest BCUT2D eigenvalue weighted by atomic mass is 35.5. The highest BCUT2D eigenvalue weighted by molar-refractivity contribution is 8.17. The molecule has 1 fully saturated rings. The zero-order valence-corrected chi connectivity index (χ0v) is 17.1. The Bertz CT molecular complexity index is 1050. The van der Waals surface area contributed by atoms with Gasteiger partial charge >= 0.3 is 6.18 Å². The lowest BCUT2D eigenvalue weighted by molar-refractivity contribution is -0.137. The number of hydrogen-bond acceptors (Lipinski definition) is 5. The predicted molar refractivity (Wildman–Crippen MR) is 108 cm³/mol. The standard InChI is InChI=1S/C19H14BClF3NO4S/c20-18(16(26)25-17(27)30-18)12-5-6-28-15-8-10(2-3-11(12)15)29-14-4-1-9(7-13(14)21)19(22,23)24/h1-4,7-8,12H,5-6,20H2,(H,25,26,27). The number of nitrogens with one attached hydrogen (secondary N) is 1. The molecule has 5 nitrogen and oxygen atoms in total. The summed E-state index contributed by atoms with van der Waals surface area (Å²) in [5, 5.41) is 1.77. The van der Waals surface area contributed by atoms with Gasteiger partial charge in [-0.1, -0.05) is 29.4 Å². The molecule has 4 rings (SSSR count). The third-order valence-corrected chi connectivity index (χ3v) is 6.62. The first-order valence-corrected chi connectivity index (χ1v) is 10.1. The Kier molecular flexibility index (Phi) is 5.18. The van der Waals surface area contributed by atoms with E-state index in [1.807, 2.05) is 0 Å². The van der Waals surface area contributed by atoms with Crippen molar-refractivity contribution in [2.45, 2.75) is 23.2 Å². The molecule has 0 saturated carbocycles. The maximum Gasteiger partial charge on any atom is 0.416 e. The lowest BCUT2D eigenvalue weighted by atomic mass is 9.69. The van der Waals surface area contributed by atoms with Crippen LogP contribution in [0.3, 0.4) is 0 Å². The SMILES string of the molecule is BC1(C2CCOc3cc(Oc4ccc(C(F)(F)F)cc4Cl)ccc32)SC(=O)NC1=O. The van der Waals surface area contributed by atoms with Crippen molar-refractivity contribution in [2.75, 3.05) is 6.61 Å². The van der Waals surface area contributed by atoms with Crippen molar-refractivity contribution in [1.29, 1.82) is 0 Å². The number of carbonyl (C=O) groups is 2. The second-order valence-electron chi connectivity index (χ2n) is 7.09. The molecule has 2 aromatic rings. The maximum absolute atomic E-state index is 12.8. The molecule has 2 amide bonds. The lowest BCUT2D eigenvalue weighted by Gasteiger charge is -2.35. The van der Waals surface area contributed by atoms with Crippen LogP contribution in [0.5, 0.6) is 17.2 Å². The van der Waals surface area contributed by atoms with Crippen molar-refractivity contribution >= 4 is 42.4 Å². The second-order valence-corrected chi connectivity index (χ2v) is 8.92. The van der Waals surface area contributed by atoms with Gasteiger partial charge in [0.15, 0.2) is 0 Å². The quantitative estimate of drug-likeness (QED) is 0.698. The molecule has 11 heteroatoms. The van der Waals surface area contributed by atoms with Crippen LogP contribution in [-0.4, -0.2) is 30.2 Å². The second kappa shape index (κ2) is 7.42. The number of alkyl halides is 3. The first-order valence-electron chi connectivity index (χ1n) is 8.94. The summed E-state index contributed by atoms with van der Waals surface area (Å²) in [4.78, 5) is 24.0. The number of thioether (sulfide) groups is 1. The molecule has 2 aliphatic heterocycles. The van der Waals surface area contributed by atoms with Crippen LogP contribution in [0.4, 0.5) is 18.0 Å². The van der Waals surface area contributed by atoms with E-state index in [2.05, 4.69) is 5.32 Å². The number of imide groups is 1. The first kappa shape index (κ1) is 20.9. The van der Waals surface area contributed by atoms with Crippen LogP contribution in [0.1, 0.15) is 23.5 Å². The molecule has 2 aromatic carbocycles. The minimum absolute atomic E-state index is 0.0697. The van der Waals surface area contributed by atoms with Gasteiger partial charge in [0, 0.05) is 12.0 Å². The van der Waals surface area contributed by atoms with Gasteiger partial charge < -0.3 is 9.47 Å². The number of ether oxygens (including phenoxy) is 2. The normalized spacial score (nSPS) is 23.5. The average Bonchev–Trinajstić information content (AvgIpc) is 2.94. The van der Waals surface area contributed by atoms with E-state index in [1.54, 1.807) is 26.0 Å². The molecular weight excluding hydrogens is 442 g/mol. The molecule has 2 atom stereocenters. The topological polar surface area (TPSA) is 64.6 Å². The molecular formula is C19H14BClF3NO4S. The largest absolute Gasteiger partial charge is 0.493 e. The molecule has 0 spiro atoms. The Morgan fingerprint density at radius 3 is 2.63 bits per heavy atom. The van der Waals surface area contributed by atoms with E-state index in [9.17, 15) is 22.8 Å². The minimum Gasteiger partial charge on any atom is -0.493 e. The Balaban J connectivity index is 1.61. The van der Waals surface area contributed by atoms with E-state index >= 15 is 0 Å². The van der Waals surface area contributed by atoms with Crippen molar-refractivity contribution in [3.63, 3.8) is 0 Å². The summed E-state index contributed by atoms with van der Waals surface area (Å²) in [6.07, 6.45) is -3.94. The molecule has 0 aliphatic carbocycles. The fourth-order valence-corrected chi connectivity index (χ4v) is 4.88. The van der Waals surface area contributed by atoms with Gasteiger partial charge in [-0.2, -0.15) is 13.2 Å². The Labute approximate surface area is 179 Å². The van der Waals surface area contributed by atoms with Gasteiger partial charge in [0.2, 0.25) is 5.91 Å². The third kappa shape index (κ3) is 3.74. The average molecular weight is 456 g/mol. The first-order chi connectivity index (χ1) is 14.1. The predicted octanol–water partition coefficient (Wildman–Crippen LogP) is 4.33. The van der Waals surface area contributed by atoms with Crippen LogP contribution >= 0.6 is 23.4 Å². The summed E-state index contributed by atoms with van der Waals surface area (Å²) in [6.45, 7) is 0.347. The molecule has 2 unspecified atom stereocenters. The number of benzene rings is 2. The Morgan fingerprint density at radius 2 is 2.00 bits per heavy atom. The smallest absolute Gasteiger partial charge is 0.416 e. The number of carbonyl (C=O) groups excluding carboxylic acids is 2. The summed E-state index contributed by atoms with van der Waals surface area (Å²) in [6, 6.07) is 7.79. The molecule has 1 saturated heterocycles. The number of halogens is 4. The fourth-order valence-electron chi connectivity index (χ4n) is 3.60. The minimum atomic E-state index is -4.50. The number of fused-ring (bicyclic) bond motifs is 1. The fraction of sp³-hybridized carbons (Fsp3) is 0.263. The van der Waals surface area contributed by atoms with Crippen molar-refractivity contribution in [3.8, 4) is 17.2 Å². The number of rotatable bonds is 3. The molecule has 30 heavy (non-hydrogen) atoms. The zero-order chi connectivity index (χ0) is 21.7. The van der Waals surface area contributed by atoms with Gasteiger partial charge in [0.1, 0.15) is 25.1 Å². The van der Waals surface area contributed by atoms with Crippen LogP contribution in [0.15, 0.2) is 36.4 Å². The summed E-state index contributed by atoms with van der Waals surface area (Å²) >= 11 is 6.91. The number of hydrogen-bond donors (Lipinski definition) is 1. The highest BCUT2D eigenvalue weighted by Gasteiger charge is 2.51. The Hall–Kier alpha value is -2.33. The van der Waals surface area contributed by atoms with Gasteiger partial charge in [0.05, 0.1) is 21.8 Å². The van der Waals surface area contributed by atoms with E-state index < -0.39 is 16.4 Å². The molecule has 2 aliphatic rings. The summed E-state index contributed by atoms with van der Waals surface area (Å²) in [5.41, 5.74) is -0.112. The van der Waals surface area contributed by atoms with Gasteiger partial charge in [0.25, 0.3) is 5.24 Å². The maximum atomic E-state index is 12.8. The molecule has 0 aromatic heterocycles. The van der Waals surface area contributed by atoms with E-state index in [0.29, 0.717) is 24.5 Å². The molecule has 2 heterocycles. The monoisotopic (exact) mass is 455 g/mol. The summed E-state index contributed by atoms with van der Waals surface area (Å²) in [5.74, 6) is 0.287. The van der Waals surface area contributed by atoms with Crippen molar-refractivity contribution in [2.24, 2.45) is 0 Å². The third-order valence-electron chi connectivity index (χ3n) is 5.15. The van der Waals surface area contributed by atoms with Gasteiger partial charge in [-0.3, -0.25) is 14.9 Å². The van der Waals surface area contributed by atoms with Crippen LogP contribution in [-0.2, 0) is 11.0 Å². The van der Waals surface area contributed by atoms with Crippen molar-refractivity contribution in [1.82, 2.24) is 5.32 Å². The van der Waals surface area contributed by atoms with Gasteiger partial charge in [-0.05, 0) is 36.2 Å². The highest BCUT2D eigenvalue weighted by Crippen LogP contribution is 2.48. The molecule has 0 bridgehead atoms. The lowest BCUT2D eigenvalue weighted by Crippen LogP contribution is -2.44. The Morgan fingerprint density at radius 1 is 1.23 bits per heavy atom. The van der Waals surface area contributed by atoms with Crippen molar-refractivity contribution < 1.29 is 32.2 Å². The van der Waals surface area contributed by atoms with Crippen molar-refractivity contribution in [3.05, 3.63) is 52.5 Å². The molecule has 0 radical (unpaired) electrons. The van der Waals surface area contributed by atoms with E-state index in [1.165, 1.54) is 0 Å². The van der Waals surface area contributed by atoms with E-state index in [0.717, 1.165) is 35.5 Å². The van der Waals surface area contributed by atoms with Gasteiger partial charge in [-0.15, -0.1) is 0 Å². The molecule has 1 N–H and O–H groups in total. The molecule has 156 valence electrons. The van der Waals surface area contributed by atoms with E-state index in [4.69, 9.17) is 21.1 Å². The van der Waals surface area contributed by atoms with Crippen LogP contribution in [0.25, 0.3) is 0 Å². The van der Waals surface area contributed by atoms with Crippen LogP contribution in [0, 0.1) is 0 Å². The van der Waals surface area contributed by atoms with Crippen LogP contribution < -0.4 is 14.8 Å².